The number of amides is 2. The molecule has 0 atom stereocenters. The quantitative estimate of drug-likeness (QED) is 0.669. The second kappa shape index (κ2) is 7.15. The fourth-order valence-corrected chi connectivity index (χ4v) is 3.05. The molecule has 1 aliphatic heterocycles. The third-order valence-electron chi connectivity index (χ3n) is 4.67. The van der Waals surface area contributed by atoms with Crippen LogP contribution < -0.4 is 5.32 Å². The number of nitrogens with one attached hydrogen (secondary N) is 2. The summed E-state index contributed by atoms with van der Waals surface area (Å²) in [6.07, 6.45) is 4.66. The normalized spacial score (nSPS) is 13.8. The molecule has 142 valence electrons. The van der Waals surface area contributed by atoms with Gasteiger partial charge in [0.15, 0.2) is 5.82 Å². The minimum Gasteiger partial charge on any atom is -0.360 e. The van der Waals surface area contributed by atoms with Crippen molar-refractivity contribution in [2.75, 3.05) is 18.4 Å². The minimum absolute atomic E-state index is 0.0897. The van der Waals surface area contributed by atoms with Crippen LogP contribution in [-0.4, -0.2) is 44.6 Å². The van der Waals surface area contributed by atoms with Gasteiger partial charge in [-0.1, -0.05) is 6.58 Å². The third kappa shape index (κ3) is 3.44. The van der Waals surface area contributed by atoms with Gasteiger partial charge >= 0.3 is 0 Å². The number of likely N-dealkylation sites (tertiary alicyclic amines) is 1. The lowest BCUT2D eigenvalue weighted by molar-refractivity contribution is -0.131. The highest BCUT2D eigenvalue weighted by Gasteiger charge is 2.31. The van der Waals surface area contributed by atoms with Gasteiger partial charge in [0.05, 0.1) is 11.6 Å². The van der Waals surface area contributed by atoms with Crippen molar-refractivity contribution in [3.8, 4) is 11.3 Å². The first-order chi connectivity index (χ1) is 13.5. The summed E-state index contributed by atoms with van der Waals surface area (Å²) in [6.45, 7) is 4.61. The number of carbonyl (C=O) groups is 2. The zero-order chi connectivity index (χ0) is 19.7. The van der Waals surface area contributed by atoms with Crippen molar-refractivity contribution in [3.63, 3.8) is 0 Å². The van der Waals surface area contributed by atoms with Gasteiger partial charge in [-0.15, -0.1) is 0 Å². The molecule has 1 fully saturated rings. The first kappa shape index (κ1) is 17.7. The van der Waals surface area contributed by atoms with Crippen molar-refractivity contribution in [1.82, 2.24) is 19.7 Å². The van der Waals surface area contributed by atoms with E-state index < -0.39 is 0 Å². The molecule has 7 nitrogen and oxygen atoms in total. The molecule has 1 aromatic carbocycles. The third-order valence-corrected chi connectivity index (χ3v) is 4.67. The zero-order valence-electron chi connectivity index (χ0n) is 14.9. The molecule has 2 aromatic heterocycles. The zero-order valence-corrected chi connectivity index (χ0v) is 14.9. The van der Waals surface area contributed by atoms with Crippen LogP contribution in [0.1, 0.15) is 16.4 Å². The second-order valence-corrected chi connectivity index (χ2v) is 6.55. The standard InChI is InChI=1S/C20H18FN5O2/c1-2-19(27)25-11-16(12-25)26-8-7-18(24-26)23-20(28)14-9-17(22-10-14)13-3-5-15(21)6-4-13/h2-10,16,22H,1,11-12H2,(H,23,24,28). The van der Waals surface area contributed by atoms with Gasteiger partial charge in [0.1, 0.15) is 5.82 Å². The Bertz CT molecular complexity index is 1030. The largest absolute Gasteiger partial charge is 0.360 e. The number of aromatic nitrogens is 3. The van der Waals surface area contributed by atoms with Gasteiger partial charge in [-0.05, 0) is 42.0 Å². The summed E-state index contributed by atoms with van der Waals surface area (Å²) in [6, 6.07) is 9.52. The van der Waals surface area contributed by atoms with Crippen LogP contribution in [0.15, 0.2) is 61.4 Å². The number of aromatic amines is 1. The average molecular weight is 379 g/mol. The Hall–Kier alpha value is -3.68. The summed E-state index contributed by atoms with van der Waals surface area (Å²) in [5, 5.41) is 7.11. The lowest BCUT2D eigenvalue weighted by Gasteiger charge is -2.38. The molecule has 2 amide bonds. The maximum absolute atomic E-state index is 13.0. The van der Waals surface area contributed by atoms with Crippen LogP contribution in [0.4, 0.5) is 10.2 Å². The minimum atomic E-state index is -0.313. The summed E-state index contributed by atoms with van der Waals surface area (Å²) in [5.74, 6) is -0.274. The van der Waals surface area contributed by atoms with Crippen LogP contribution in [0.25, 0.3) is 11.3 Å². The Morgan fingerprint density at radius 2 is 2.00 bits per heavy atom. The number of hydrogen-bond acceptors (Lipinski definition) is 3. The molecule has 3 heterocycles. The summed E-state index contributed by atoms with van der Waals surface area (Å²) in [5.41, 5.74) is 1.95. The average Bonchev–Trinajstić information content (AvgIpc) is 3.31. The predicted octanol–water partition coefficient (Wildman–Crippen LogP) is 2.84. The topological polar surface area (TPSA) is 83.0 Å². The predicted molar refractivity (Wildman–Crippen MR) is 102 cm³/mol. The van der Waals surface area contributed by atoms with Gasteiger partial charge in [0, 0.05) is 37.2 Å². The number of anilines is 1. The van der Waals surface area contributed by atoms with Crippen LogP contribution >= 0.6 is 0 Å². The molecule has 8 heteroatoms. The Labute approximate surface area is 160 Å². The number of H-pyrrole nitrogens is 1. The summed E-state index contributed by atoms with van der Waals surface area (Å²) < 4.78 is 14.8. The summed E-state index contributed by atoms with van der Waals surface area (Å²) >= 11 is 0. The van der Waals surface area contributed by atoms with Crippen LogP contribution in [0.3, 0.4) is 0 Å². The van der Waals surface area contributed by atoms with E-state index in [9.17, 15) is 14.0 Å². The van der Waals surface area contributed by atoms with Crippen molar-refractivity contribution in [3.05, 3.63) is 72.8 Å². The molecule has 0 bridgehead atoms. The van der Waals surface area contributed by atoms with Crippen molar-refractivity contribution in [1.29, 1.82) is 0 Å². The van der Waals surface area contributed by atoms with Gasteiger partial charge in [-0.25, -0.2) is 4.39 Å². The molecule has 28 heavy (non-hydrogen) atoms. The molecule has 0 spiro atoms. The van der Waals surface area contributed by atoms with Crippen molar-refractivity contribution >= 4 is 17.6 Å². The number of hydrogen-bond donors (Lipinski definition) is 2. The number of nitrogens with zero attached hydrogens (tertiary/aromatic N) is 3. The van der Waals surface area contributed by atoms with E-state index in [1.165, 1.54) is 18.2 Å². The summed E-state index contributed by atoms with van der Waals surface area (Å²) in [7, 11) is 0. The van der Waals surface area contributed by atoms with Crippen LogP contribution in [0, 0.1) is 5.82 Å². The molecular formula is C20H18FN5O2. The van der Waals surface area contributed by atoms with Gasteiger partial charge in [-0.3, -0.25) is 14.3 Å². The van der Waals surface area contributed by atoms with Crippen LogP contribution in [0.2, 0.25) is 0 Å². The maximum Gasteiger partial charge on any atom is 0.258 e. The molecule has 4 rings (SSSR count). The van der Waals surface area contributed by atoms with E-state index in [0.717, 1.165) is 11.3 Å². The van der Waals surface area contributed by atoms with E-state index in [1.54, 1.807) is 46.2 Å². The Morgan fingerprint density at radius 3 is 2.71 bits per heavy atom. The van der Waals surface area contributed by atoms with Gasteiger partial charge in [0.25, 0.3) is 5.91 Å². The number of carbonyl (C=O) groups excluding carboxylic acids is 2. The monoisotopic (exact) mass is 379 g/mol. The Kier molecular flexibility index (Phi) is 4.52. The Balaban J connectivity index is 1.38. The number of benzene rings is 1. The fourth-order valence-electron chi connectivity index (χ4n) is 3.05. The first-order valence-corrected chi connectivity index (χ1v) is 8.75. The van der Waals surface area contributed by atoms with E-state index in [1.807, 2.05) is 0 Å². The van der Waals surface area contributed by atoms with Gasteiger partial charge in [-0.2, -0.15) is 5.10 Å². The highest BCUT2D eigenvalue weighted by atomic mass is 19.1. The fraction of sp³-hybridized carbons (Fsp3) is 0.150. The molecule has 3 aromatic rings. The van der Waals surface area contributed by atoms with E-state index >= 15 is 0 Å². The van der Waals surface area contributed by atoms with E-state index in [-0.39, 0.29) is 23.7 Å². The summed E-state index contributed by atoms with van der Waals surface area (Å²) in [4.78, 5) is 28.6. The van der Waals surface area contributed by atoms with E-state index in [0.29, 0.717) is 24.5 Å². The van der Waals surface area contributed by atoms with Crippen molar-refractivity contribution in [2.24, 2.45) is 0 Å². The van der Waals surface area contributed by atoms with Crippen molar-refractivity contribution in [2.45, 2.75) is 6.04 Å². The number of halogens is 1. The molecule has 0 saturated carbocycles. The molecule has 0 aliphatic carbocycles. The van der Waals surface area contributed by atoms with Crippen LogP contribution in [-0.2, 0) is 4.79 Å². The van der Waals surface area contributed by atoms with E-state index in [2.05, 4.69) is 22.0 Å². The van der Waals surface area contributed by atoms with E-state index in [4.69, 9.17) is 0 Å². The maximum atomic E-state index is 13.0. The lowest BCUT2D eigenvalue weighted by Crippen LogP contribution is -2.50. The van der Waals surface area contributed by atoms with Crippen molar-refractivity contribution < 1.29 is 14.0 Å². The molecule has 2 N–H and O–H groups in total. The smallest absolute Gasteiger partial charge is 0.258 e. The molecular weight excluding hydrogens is 361 g/mol. The van der Waals surface area contributed by atoms with Gasteiger partial charge < -0.3 is 15.2 Å². The molecule has 1 saturated heterocycles. The first-order valence-electron chi connectivity index (χ1n) is 8.75. The number of rotatable bonds is 5. The van der Waals surface area contributed by atoms with Crippen LogP contribution in [0.5, 0.6) is 0 Å². The molecule has 1 aliphatic rings. The Morgan fingerprint density at radius 1 is 1.25 bits per heavy atom. The highest BCUT2D eigenvalue weighted by Crippen LogP contribution is 2.23. The lowest BCUT2D eigenvalue weighted by atomic mass is 10.1. The second-order valence-electron chi connectivity index (χ2n) is 6.55. The molecule has 0 radical (unpaired) electrons. The molecule has 0 unspecified atom stereocenters. The highest BCUT2D eigenvalue weighted by molar-refractivity contribution is 6.04. The SMILES string of the molecule is C=CC(=O)N1CC(n2ccc(NC(=O)c3c[nH]c(-c4ccc(F)cc4)c3)n2)C1. The van der Waals surface area contributed by atoms with Gasteiger partial charge in [0.2, 0.25) is 5.91 Å².